The van der Waals surface area contributed by atoms with E-state index < -0.39 is 0 Å². The number of H-pyrrole nitrogens is 1. The summed E-state index contributed by atoms with van der Waals surface area (Å²) in [5.41, 5.74) is 3.33. The van der Waals surface area contributed by atoms with Crippen LogP contribution in [0, 0.1) is 13.8 Å². The Kier molecular flexibility index (Phi) is 5.95. The van der Waals surface area contributed by atoms with Crippen LogP contribution in [0.5, 0.6) is 0 Å². The first kappa shape index (κ1) is 20.2. The number of rotatable bonds is 5. The molecule has 0 saturated heterocycles. The lowest BCUT2D eigenvalue weighted by molar-refractivity contribution is 0.103. The highest BCUT2D eigenvalue weighted by atomic mass is 79.9. The van der Waals surface area contributed by atoms with Crippen LogP contribution >= 0.6 is 28.1 Å². The topological polar surface area (TPSA) is 87.0 Å². The standard InChI is InChI=1S/C19H20BrN5O2S/c1-5-21-19(28)25(4)18-24-23-17(27-18)15-10(2)14(11(3)22-15)16(26)12-7-6-8-13(20)9-12/h6-9,22H,5H2,1-4H3,(H,21,28). The van der Waals surface area contributed by atoms with Gasteiger partial charge in [-0.25, -0.2) is 0 Å². The number of aromatic nitrogens is 3. The van der Waals surface area contributed by atoms with E-state index >= 15 is 0 Å². The van der Waals surface area contributed by atoms with E-state index in [9.17, 15) is 4.79 Å². The van der Waals surface area contributed by atoms with Crippen molar-refractivity contribution >= 4 is 45.1 Å². The number of hydrogen-bond acceptors (Lipinski definition) is 5. The SMILES string of the molecule is CCNC(=S)N(C)c1nnc(-c2[nH]c(C)c(C(=O)c3cccc(Br)c3)c2C)o1. The number of carbonyl (C=O) groups excluding carboxylic acids is 1. The normalized spacial score (nSPS) is 10.8. The largest absolute Gasteiger partial charge is 0.401 e. The van der Waals surface area contributed by atoms with E-state index in [4.69, 9.17) is 16.6 Å². The molecule has 2 N–H and O–H groups in total. The Morgan fingerprint density at radius 2 is 2.11 bits per heavy atom. The molecular weight excluding hydrogens is 442 g/mol. The average Bonchev–Trinajstić information content (AvgIpc) is 3.25. The van der Waals surface area contributed by atoms with Gasteiger partial charge in [-0.05, 0) is 50.7 Å². The van der Waals surface area contributed by atoms with Gasteiger partial charge in [0, 0.05) is 34.9 Å². The Hall–Kier alpha value is -2.52. The minimum absolute atomic E-state index is 0.0658. The molecule has 0 amide bonds. The Morgan fingerprint density at radius 3 is 2.79 bits per heavy atom. The zero-order valence-corrected chi connectivity index (χ0v) is 18.4. The molecule has 0 spiro atoms. The molecule has 0 fully saturated rings. The van der Waals surface area contributed by atoms with E-state index in [2.05, 4.69) is 36.4 Å². The number of thiocarbonyl (C=S) groups is 1. The highest BCUT2D eigenvalue weighted by Gasteiger charge is 2.24. The van der Waals surface area contributed by atoms with E-state index in [-0.39, 0.29) is 11.8 Å². The van der Waals surface area contributed by atoms with Gasteiger partial charge in [-0.1, -0.05) is 33.2 Å². The number of hydrogen-bond donors (Lipinski definition) is 2. The molecule has 0 aliphatic rings. The van der Waals surface area contributed by atoms with Crippen molar-refractivity contribution in [1.82, 2.24) is 20.5 Å². The Labute approximate surface area is 176 Å². The maximum Gasteiger partial charge on any atom is 0.324 e. The van der Waals surface area contributed by atoms with Crippen molar-refractivity contribution < 1.29 is 9.21 Å². The summed E-state index contributed by atoms with van der Waals surface area (Å²) in [6.07, 6.45) is 0. The van der Waals surface area contributed by atoms with Crippen molar-refractivity contribution in [3.05, 3.63) is 51.1 Å². The molecule has 0 aliphatic heterocycles. The van der Waals surface area contributed by atoms with Crippen molar-refractivity contribution in [1.29, 1.82) is 0 Å². The number of aromatic amines is 1. The van der Waals surface area contributed by atoms with Gasteiger partial charge in [0.1, 0.15) is 5.69 Å². The number of nitrogens with one attached hydrogen (secondary N) is 2. The molecule has 28 heavy (non-hydrogen) atoms. The molecule has 3 aromatic rings. The predicted molar refractivity (Wildman–Crippen MR) is 116 cm³/mol. The summed E-state index contributed by atoms with van der Waals surface area (Å²) in [6.45, 7) is 6.36. The van der Waals surface area contributed by atoms with Crippen LogP contribution in [0.3, 0.4) is 0 Å². The number of ketones is 1. The van der Waals surface area contributed by atoms with E-state index in [1.54, 1.807) is 24.1 Å². The van der Waals surface area contributed by atoms with Crippen molar-refractivity contribution in [3.8, 4) is 11.6 Å². The summed E-state index contributed by atoms with van der Waals surface area (Å²) < 4.78 is 6.63. The predicted octanol–water partition coefficient (Wildman–Crippen LogP) is 4.01. The molecule has 7 nitrogen and oxygen atoms in total. The lowest BCUT2D eigenvalue weighted by Gasteiger charge is -2.15. The monoisotopic (exact) mass is 461 g/mol. The summed E-state index contributed by atoms with van der Waals surface area (Å²) >= 11 is 8.67. The molecule has 0 bridgehead atoms. The fourth-order valence-corrected chi connectivity index (χ4v) is 3.51. The lowest BCUT2D eigenvalue weighted by atomic mass is 10.00. The number of carbonyl (C=O) groups is 1. The highest BCUT2D eigenvalue weighted by Crippen LogP contribution is 2.30. The summed E-state index contributed by atoms with van der Waals surface area (Å²) in [5, 5.41) is 11.7. The van der Waals surface area contributed by atoms with E-state index in [0.717, 1.165) is 15.7 Å². The van der Waals surface area contributed by atoms with Gasteiger partial charge in [-0.3, -0.25) is 9.69 Å². The minimum Gasteiger partial charge on any atom is -0.401 e. The van der Waals surface area contributed by atoms with Crippen LogP contribution in [0.2, 0.25) is 0 Å². The van der Waals surface area contributed by atoms with Gasteiger partial charge in [0.05, 0.1) is 0 Å². The van der Waals surface area contributed by atoms with Crippen LogP contribution in [0.25, 0.3) is 11.6 Å². The third-order valence-electron chi connectivity index (χ3n) is 4.30. The Balaban J connectivity index is 1.94. The van der Waals surface area contributed by atoms with Crippen molar-refractivity contribution in [2.45, 2.75) is 20.8 Å². The molecule has 146 valence electrons. The summed E-state index contributed by atoms with van der Waals surface area (Å²) in [4.78, 5) is 17.8. The van der Waals surface area contributed by atoms with Gasteiger partial charge >= 0.3 is 6.01 Å². The molecule has 1 aromatic carbocycles. The molecule has 0 saturated carbocycles. The highest BCUT2D eigenvalue weighted by molar-refractivity contribution is 9.10. The number of benzene rings is 1. The van der Waals surface area contributed by atoms with E-state index in [1.165, 1.54) is 0 Å². The van der Waals surface area contributed by atoms with E-state index in [1.807, 2.05) is 32.9 Å². The molecule has 0 unspecified atom stereocenters. The molecule has 0 aliphatic carbocycles. The second-order valence-corrected chi connectivity index (χ2v) is 7.55. The van der Waals surface area contributed by atoms with E-state index in [0.29, 0.717) is 34.4 Å². The second-order valence-electron chi connectivity index (χ2n) is 6.25. The molecule has 2 aromatic heterocycles. The van der Waals surface area contributed by atoms with Crippen LogP contribution in [-0.2, 0) is 0 Å². The fourth-order valence-electron chi connectivity index (χ4n) is 2.89. The zero-order chi connectivity index (χ0) is 20.4. The second kappa shape index (κ2) is 8.24. The van der Waals surface area contributed by atoms with Gasteiger partial charge < -0.3 is 14.7 Å². The van der Waals surface area contributed by atoms with Crippen molar-refractivity contribution in [2.24, 2.45) is 0 Å². The third-order valence-corrected chi connectivity index (χ3v) is 5.21. The number of anilines is 1. The van der Waals surface area contributed by atoms with Crippen molar-refractivity contribution in [3.63, 3.8) is 0 Å². The quantitative estimate of drug-likeness (QED) is 0.438. The average molecular weight is 462 g/mol. The maximum atomic E-state index is 13.0. The first-order valence-corrected chi connectivity index (χ1v) is 9.88. The van der Waals surface area contributed by atoms with Gasteiger partial charge in [-0.15, -0.1) is 5.10 Å². The first-order chi connectivity index (χ1) is 13.3. The van der Waals surface area contributed by atoms with Crippen LogP contribution in [0.15, 0.2) is 33.2 Å². The molecule has 0 radical (unpaired) electrons. The zero-order valence-electron chi connectivity index (χ0n) is 16.0. The van der Waals surface area contributed by atoms with Gasteiger partial charge in [0.15, 0.2) is 10.9 Å². The van der Waals surface area contributed by atoms with Crippen LogP contribution in [0.1, 0.15) is 34.1 Å². The summed E-state index contributed by atoms with van der Waals surface area (Å²) in [7, 11) is 1.75. The molecule has 3 rings (SSSR count). The fraction of sp³-hybridized carbons (Fsp3) is 0.263. The molecule has 2 heterocycles. The van der Waals surface area contributed by atoms with Gasteiger partial charge in [0.2, 0.25) is 0 Å². The smallest absolute Gasteiger partial charge is 0.324 e. The van der Waals surface area contributed by atoms with Gasteiger partial charge in [0.25, 0.3) is 5.89 Å². The van der Waals surface area contributed by atoms with Crippen LogP contribution in [0.4, 0.5) is 6.01 Å². The minimum atomic E-state index is -0.0658. The number of aryl methyl sites for hydroxylation is 1. The molecule has 9 heteroatoms. The maximum absolute atomic E-state index is 13.0. The number of nitrogens with zero attached hydrogens (tertiary/aromatic N) is 3. The third kappa shape index (κ3) is 3.85. The van der Waals surface area contributed by atoms with Gasteiger partial charge in [-0.2, -0.15) is 0 Å². The Bertz CT molecular complexity index is 1040. The lowest BCUT2D eigenvalue weighted by Crippen LogP contribution is -2.36. The number of halogens is 1. The summed E-state index contributed by atoms with van der Waals surface area (Å²) in [5.74, 6) is 0.235. The summed E-state index contributed by atoms with van der Waals surface area (Å²) in [6, 6.07) is 7.58. The molecule has 0 atom stereocenters. The molecular formula is C19H20BrN5O2S. The van der Waals surface area contributed by atoms with Crippen LogP contribution in [-0.4, -0.2) is 39.7 Å². The Morgan fingerprint density at radius 1 is 1.36 bits per heavy atom. The van der Waals surface area contributed by atoms with Crippen LogP contribution < -0.4 is 10.2 Å². The van der Waals surface area contributed by atoms with Crippen molar-refractivity contribution in [2.75, 3.05) is 18.5 Å². The first-order valence-electron chi connectivity index (χ1n) is 8.68.